The number of nitrogens with two attached hydrogens (primary N) is 1. The zero-order valence-corrected chi connectivity index (χ0v) is 12.5. The predicted molar refractivity (Wildman–Crippen MR) is 83.7 cm³/mol. The summed E-state index contributed by atoms with van der Waals surface area (Å²) in [6.45, 7) is 4.19. The number of anilines is 1. The molecule has 4 nitrogen and oxygen atoms in total. The Morgan fingerprint density at radius 3 is 2.95 bits per heavy atom. The Labute approximate surface area is 122 Å². The second-order valence-electron chi connectivity index (χ2n) is 4.15. The SMILES string of the molecule is CCc1cnc(C(C)Nc2cccnc2C(N)=S)s1. The van der Waals surface area contributed by atoms with Gasteiger partial charge < -0.3 is 11.1 Å². The molecule has 1 unspecified atom stereocenters. The number of hydrogen-bond donors (Lipinski definition) is 2. The normalized spacial score (nSPS) is 12.1. The van der Waals surface area contributed by atoms with Crippen LogP contribution in [0.1, 0.15) is 35.5 Å². The van der Waals surface area contributed by atoms with Gasteiger partial charge in [-0.3, -0.25) is 4.98 Å². The van der Waals surface area contributed by atoms with Crippen LogP contribution in [0.15, 0.2) is 24.5 Å². The highest BCUT2D eigenvalue weighted by molar-refractivity contribution is 7.80. The van der Waals surface area contributed by atoms with Crippen LogP contribution < -0.4 is 11.1 Å². The Balaban J connectivity index is 2.19. The third-order valence-electron chi connectivity index (χ3n) is 2.70. The minimum absolute atomic E-state index is 0.0996. The first-order valence-corrected chi connectivity index (χ1v) is 7.30. The third-order valence-corrected chi connectivity index (χ3v) is 4.22. The summed E-state index contributed by atoms with van der Waals surface area (Å²) in [6.07, 6.45) is 4.62. The molecule has 2 heterocycles. The highest BCUT2D eigenvalue weighted by Gasteiger charge is 2.13. The van der Waals surface area contributed by atoms with Gasteiger partial charge in [0.1, 0.15) is 15.7 Å². The Kier molecular flexibility index (Phi) is 4.44. The molecule has 0 aromatic carbocycles. The van der Waals surface area contributed by atoms with Crippen molar-refractivity contribution in [2.24, 2.45) is 5.73 Å². The summed E-state index contributed by atoms with van der Waals surface area (Å²) < 4.78 is 0. The third kappa shape index (κ3) is 3.27. The van der Waals surface area contributed by atoms with Gasteiger partial charge in [0.15, 0.2) is 0 Å². The average Bonchev–Trinajstić information content (AvgIpc) is 2.88. The summed E-state index contributed by atoms with van der Waals surface area (Å²) in [4.78, 5) is 10.2. The van der Waals surface area contributed by atoms with Crippen molar-refractivity contribution in [3.8, 4) is 0 Å². The number of aromatic nitrogens is 2. The summed E-state index contributed by atoms with van der Waals surface area (Å²) in [6, 6.07) is 3.88. The van der Waals surface area contributed by atoms with Crippen LogP contribution in [-0.2, 0) is 6.42 Å². The van der Waals surface area contributed by atoms with E-state index in [0.29, 0.717) is 10.7 Å². The molecule has 19 heavy (non-hydrogen) atoms. The van der Waals surface area contributed by atoms with Gasteiger partial charge in [0, 0.05) is 17.3 Å². The maximum atomic E-state index is 5.67. The van der Waals surface area contributed by atoms with E-state index in [-0.39, 0.29) is 6.04 Å². The molecule has 0 fully saturated rings. The first-order chi connectivity index (χ1) is 9.11. The molecule has 0 aliphatic rings. The van der Waals surface area contributed by atoms with E-state index in [0.717, 1.165) is 17.1 Å². The summed E-state index contributed by atoms with van der Waals surface area (Å²) in [7, 11) is 0. The van der Waals surface area contributed by atoms with Crippen LogP contribution in [0.5, 0.6) is 0 Å². The zero-order chi connectivity index (χ0) is 13.8. The molecule has 0 spiro atoms. The molecular formula is C13H16N4S2. The van der Waals surface area contributed by atoms with Crippen LogP contribution in [0.2, 0.25) is 0 Å². The number of pyridine rings is 1. The van der Waals surface area contributed by atoms with Crippen LogP contribution in [0.4, 0.5) is 5.69 Å². The molecule has 0 amide bonds. The van der Waals surface area contributed by atoms with Crippen LogP contribution in [0.25, 0.3) is 0 Å². The molecule has 0 aliphatic carbocycles. The Morgan fingerprint density at radius 2 is 2.32 bits per heavy atom. The number of hydrogen-bond acceptors (Lipinski definition) is 5. The Morgan fingerprint density at radius 1 is 1.53 bits per heavy atom. The van der Waals surface area contributed by atoms with E-state index in [4.69, 9.17) is 18.0 Å². The van der Waals surface area contributed by atoms with Gasteiger partial charge in [-0.15, -0.1) is 11.3 Å². The second-order valence-corrected chi connectivity index (χ2v) is 5.73. The van der Waals surface area contributed by atoms with Gasteiger partial charge in [0.25, 0.3) is 0 Å². The largest absolute Gasteiger partial charge is 0.388 e. The van der Waals surface area contributed by atoms with Crippen LogP contribution in [0.3, 0.4) is 0 Å². The molecule has 2 rings (SSSR count). The summed E-state index contributed by atoms with van der Waals surface area (Å²) >= 11 is 6.72. The molecule has 0 radical (unpaired) electrons. The molecule has 2 aromatic rings. The van der Waals surface area contributed by atoms with Gasteiger partial charge in [0.2, 0.25) is 0 Å². The summed E-state index contributed by atoms with van der Waals surface area (Å²) in [5.41, 5.74) is 7.14. The van der Waals surface area contributed by atoms with Crippen molar-refractivity contribution in [2.45, 2.75) is 26.3 Å². The first kappa shape index (κ1) is 13.9. The maximum Gasteiger partial charge on any atom is 0.124 e. The highest BCUT2D eigenvalue weighted by Crippen LogP contribution is 2.25. The van der Waals surface area contributed by atoms with Crippen molar-refractivity contribution in [1.82, 2.24) is 9.97 Å². The van der Waals surface area contributed by atoms with Gasteiger partial charge >= 0.3 is 0 Å². The molecule has 0 aliphatic heterocycles. The minimum atomic E-state index is 0.0996. The minimum Gasteiger partial charge on any atom is -0.388 e. The molecular weight excluding hydrogens is 276 g/mol. The molecule has 0 saturated carbocycles. The fraction of sp³-hybridized carbons (Fsp3) is 0.308. The second kappa shape index (κ2) is 6.08. The molecule has 2 aromatic heterocycles. The number of thiocarbonyl (C=S) groups is 1. The lowest BCUT2D eigenvalue weighted by Crippen LogP contribution is -2.16. The van der Waals surface area contributed by atoms with E-state index in [9.17, 15) is 0 Å². The van der Waals surface area contributed by atoms with Crippen LogP contribution in [-0.4, -0.2) is 15.0 Å². The van der Waals surface area contributed by atoms with E-state index in [1.807, 2.05) is 18.3 Å². The average molecular weight is 292 g/mol. The molecule has 0 saturated heterocycles. The van der Waals surface area contributed by atoms with Gasteiger partial charge in [-0.25, -0.2) is 4.98 Å². The standard InChI is InChI=1S/C13H16N4S2/c1-3-9-7-16-13(19-9)8(2)17-10-5-4-6-15-11(10)12(14)18/h4-8,17H,3H2,1-2H3,(H2,14,18). The molecule has 100 valence electrons. The van der Waals surface area contributed by atoms with Gasteiger partial charge in [-0.05, 0) is 25.5 Å². The summed E-state index contributed by atoms with van der Waals surface area (Å²) in [5, 5.41) is 4.41. The fourth-order valence-corrected chi connectivity index (χ4v) is 2.72. The molecule has 6 heteroatoms. The van der Waals surface area contributed by atoms with Crippen molar-refractivity contribution in [1.29, 1.82) is 0 Å². The van der Waals surface area contributed by atoms with E-state index in [2.05, 4.69) is 29.1 Å². The first-order valence-electron chi connectivity index (χ1n) is 6.07. The lowest BCUT2D eigenvalue weighted by molar-refractivity contribution is 0.867. The lowest BCUT2D eigenvalue weighted by Gasteiger charge is -2.15. The van der Waals surface area contributed by atoms with E-state index < -0.39 is 0 Å². The van der Waals surface area contributed by atoms with Crippen molar-refractivity contribution >= 4 is 34.2 Å². The van der Waals surface area contributed by atoms with Crippen molar-refractivity contribution in [3.05, 3.63) is 40.1 Å². The van der Waals surface area contributed by atoms with Gasteiger partial charge in [0.05, 0.1) is 11.7 Å². The zero-order valence-electron chi connectivity index (χ0n) is 10.9. The molecule has 1 atom stereocenters. The van der Waals surface area contributed by atoms with Gasteiger partial charge in [-0.2, -0.15) is 0 Å². The highest BCUT2D eigenvalue weighted by atomic mass is 32.1. The quantitative estimate of drug-likeness (QED) is 0.830. The van der Waals surface area contributed by atoms with E-state index >= 15 is 0 Å². The molecule has 0 bridgehead atoms. The monoisotopic (exact) mass is 292 g/mol. The number of nitrogens with zero attached hydrogens (tertiary/aromatic N) is 2. The molecule has 3 N–H and O–H groups in total. The van der Waals surface area contributed by atoms with Crippen molar-refractivity contribution < 1.29 is 0 Å². The maximum absolute atomic E-state index is 5.67. The number of nitrogens with one attached hydrogen (secondary N) is 1. The van der Waals surface area contributed by atoms with Crippen LogP contribution >= 0.6 is 23.6 Å². The smallest absolute Gasteiger partial charge is 0.124 e. The topological polar surface area (TPSA) is 63.8 Å². The van der Waals surface area contributed by atoms with Crippen LogP contribution in [0, 0.1) is 0 Å². The van der Waals surface area contributed by atoms with E-state index in [1.54, 1.807) is 17.5 Å². The predicted octanol–water partition coefficient (Wildman–Crippen LogP) is 2.91. The number of thiazole rings is 1. The Hall–Kier alpha value is -1.53. The lowest BCUT2D eigenvalue weighted by atomic mass is 10.2. The fourth-order valence-electron chi connectivity index (χ4n) is 1.70. The van der Waals surface area contributed by atoms with E-state index in [1.165, 1.54) is 4.88 Å². The van der Waals surface area contributed by atoms with Gasteiger partial charge in [-0.1, -0.05) is 19.1 Å². The van der Waals surface area contributed by atoms with Crippen molar-refractivity contribution in [3.63, 3.8) is 0 Å². The van der Waals surface area contributed by atoms with Crippen molar-refractivity contribution in [2.75, 3.05) is 5.32 Å². The number of rotatable bonds is 5. The number of aryl methyl sites for hydroxylation is 1. The Bertz CT molecular complexity index is 580. The summed E-state index contributed by atoms with van der Waals surface area (Å²) in [5.74, 6) is 0.